The molecule has 0 amide bonds. The molecule has 0 aliphatic carbocycles. The van der Waals surface area contributed by atoms with E-state index in [0.29, 0.717) is 23.0 Å². The topological polar surface area (TPSA) is 84.2 Å². The van der Waals surface area contributed by atoms with Crippen molar-refractivity contribution in [1.29, 1.82) is 0 Å². The Hall–Kier alpha value is -3.58. The first-order valence-corrected chi connectivity index (χ1v) is 10.9. The molecule has 2 N–H and O–H groups in total. The lowest BCUT2D eigenvalue weighted by Gasteiger charge is -2.14. The van der Waals surface area contributed by atoms with E-state index in [1.54, 1.807) is 49.6 Å². The summed E-state index contributed by atoms with van der Waals surface area (Å²) in [4.78, 5) is 4.42. The van der Waals surface area contributed by atoms with Crippen LogP contribution >= 0.6 is 0 Å². The number of oxazole rings is 1. The van der Waals surface area contributed by atoms with Gasteiger partial charge in [0.2, 0.25) is 0 Å². The number of rotatable bonds is 6. The second-order valence-corrected chi connectivity index (χ2v) is 8.60. The van der Waals surface area contributed by atoms with Crippen molar-refractivity contribution < 1.29 is 12.8 Å². The quantitative estimate of drug-likeness (QED) is 0.431. The molecule has 7 heteroatoms. The lowest BCUT2D eigenvalue weighted by molar-refractivity contribution is 0.521. The fourth-order valence-corrected chi connectivity index (χ4v) is 4.06. The minimum atomic E-state index is -3.76. The SMILES string of the molecule is Cc1ccc(Nc2ccccc2NS(=O)(=O)c2ccc(-c3coc(C)n3)cc2)cc1. The van der Waals surface area contributed by atoms with E-state index in [2.05, 4.69) is 15.0 Å². The smallest absolute Gasteiger partial charge is 0.261 e. The number of hydrogen-bond acceptors (Lipinski definition) is 5. The monoisotopic (exact) mass is 419 g/mol. The molecule has 0 saturated carbocycles. The average molecular weight is 420 g/mol. The molecule has 152 valence electrons. The lowest BCUT2D eigenvalue weighted by Crippen LogP contribution is -2.14. The van der Waals surface area contributed by atoms with E-state index < -0.39 is 10.0 Å². The molecule has 0 spiro atoms. The van der Waals surface area contributed by atoms with Gasteiger partial charge in [-0.3, -0.25) is 4.72 Å². The number of para-hydroxylation sites is 2. The minimum absolute atomic E-state index is 0.164. The Morgan fingerprint density at radius 3 is 2.13 bits per heavy atom. The second kappa shape index (κ2) is 8.04. The van der Waals surface area contributed by atoms with Crippen molar-refractivity contribution in [3.05, 3.63) is 90.5 Å². The van der Waals surface area contributed by atoms with E-state index in [0.717, 1.165) is 16.8 Å². The van der Waals surface area contributed by atoms with Crippen LogP contribution in [0.2, 0.25) is 0 Å². The summed E-state index contributed by atoms with van der Waals surface area (Å²) >= 11 is 0. The van der Waals surface area contributed by atoms with E-state index in [-0.39, 0.29) is 4.90 Å². The lowest BCUT2D eigenvalue weighted by atomic mass is 10.2. The van der Waals surface area contributed by atoms with E-state index in [1.807, 2.05) is 43.3 Å². The van der Waals surface area contributed by atoms with E-state index in [9.17, 15) is 8.42 Å². The van der Waals surface area contributed by atoms with Crippen molar-refractivity contribution in [3.63, 3.8) is 0 Å². The van der Waals surface area contributed by atoms with Gasteiger partial charge in [-0.2, -0.15) is 0 Å². The van der Waals surface area contributed by atoms with Crippen LogP contribution in [0.1, 0.15) is 11.5 Å². The number of aryl methyl sites for hydroxylation is 2. The predicted octanol–water partition coefficient (Wildman–Crippen LogP) is 5.50. The van der Waals surface area contributed by atoms with Gasteiger partial charge in [0.25, 0.3) is 10.0 Å². The minimum Gasteiger partial charge on any atom is -0.449 e. The van der Waals surface area contributed by atoms with Crippen LogP contribution in [-0.2, 0) is 10.0 Å². The first kappa shape index (κ1) is 19.7. The number of nitrogens with one attached hydrogen (secondary N) is 2. The van der Waals surface area contributed by atoms with Crippen molar-refractivity contribution in [1.82, 2.24) is 4.98 Å². The first-order valence-electron chi connectivity index (χ1n) is 9.39. The summed E-state index contributed by atoms with van der Waals surface area (Å²) in [6, 6.07) is 21.6. The van der Waals surface area contributed by atoms with Crippen LogP contribution in [0.15, 0.2) is 88.4 Å². The molecule has 3 aromatic carbocycles. The van der Waals surface area contributed by atoms with Gasteiger partial charge in [-0.25, -0.2) is 13.4 Å². The maximum Gasteiger partial charge on any atom is 0.261 e. The summed E-state index contributed by atoms with van der Waals surface area (Å²) in [5, 5.41) is 3.26. The van der Waals surface area contributed by atoms with Crippen LogP contribution in [0.5, 0.6) is 0 Å². The van der Waals surface area contributed by atoms with Gasteiger partial charge >= 0.3 is 0 Å². The van der Waals surface area contributed by atoms with Gasteiger partial charge in [0.15, 0.2) is 5.89 Å². The molecule has 0 atom stereocenters. The van der Waals surface area contributed by atoms with Crippen LogP contribution in [-0.4, -0.2) is 13.4 Å². The molecule has 0 bridgehead atoms. The molecule has 0 radical (unpaired) electrons. The molecule has 30 heavy (non-hydrogen) atoms. The highest BCUT2D eigenvalue weighted by Crippen LogP contribution is 2.28. The number of nitrogens with zero attached hydrogens (tertiary/aromatic N) is 1. The molecule has 6 nitrogen and oxygen atoms in total. The molecule has 0 unspecified atom stereocenters. The Labute approximate surface area is 175 Å². The standard InChI is InChI=1S/C23H21N3O3S/c1-16-7-11-19(12-8-16)25-21-5-3-4-6-22(21)26-30(27,28)20-13-9-18(10-14-20)23-15-29-17(2)24-23/h3-15,25-26H,1-2H3. The van der Waals surface area contributed by atoms with Gasteiger partial charge in [0.1, 0.15) is 12.0 Å². The van der Waals surface area contributed by atoms with Crippen molar-refractivity contribution in [2.24, 2.45) is 0 Å². The fourth-order valence-electron chi connectivity index (χ4n) is 2.98. The maximum atomic E-state index is 12.9. The van der Waals surface area contributed by atoms with Gasteiger partial charge in [0, 0.05) is 18.2 Å². The van der Waals surface area contributed by atoms with E-state index in [1.165, 1.54) is 0 Å². The largest absolute Gasteiger partial charge is 0.449 e. The average Bonchev–Trinajstić information content (AvgIpc) is 3.17. The Morgan fingerprint density at radius 1 is 0.833 bits per heavy atom. The number of aromatic nitrogens is 1. The van der Waals surface area contributed by atoms with Crippen LogP contribution in [0.3, 0.4) is 0 Å². The zero-order valence-electron chi connectivity index (χ0n) is 16.6. The first-order chi connectivity index (χ1) is 14.4. The van der Waals surface area contributed by atoms with Crippen LogP contribution in [0.25, 0.3) is 11.3 Å². The fraction of sp³-hybridized carbons (Fsp3) is 0.0870. The van der Waals surface area contributed by atoms with Gasteiger partial charge < -0.3 is 9.73 Å². The summed E-state index contributed by atoms with van der Waals surface area (Å²) < 4.78 is 33.7. The molecule has 0 fully saturated rings. The highest BCUT2D eigenvalue weighted by Gasteiger charge is 2.16. The van der Waals surface area contributed by atoms with Gasteiger partial charge in [0.05, 0.1) is 16.3 Å². The summed E-state index contributed by atoms with van der Waals surface area (Å²) in [5.41, 5.74) is 4.61. The van der Waals surface area contributed by atoms with Gasteiger partial charge in [-0.15, -0.1) is 0 Å². The number of anilines is 3. The molecule has 0 saturated heterocycles. The number of sulfonamides is 1. The second-order valence-electron chi connectivity index (χ2n) is 6.92. The van der Waals surface area contributed by atoms with Gasteiger partial charge in [-0.1, -0.05) is 42.0 Å². The molecular weight excluding hydrogens is 398 g/mol. The third kappa shape index (κ3) is 4.36. The van der Waals surface area contributed by atoms with Crippen molar-refractivity contribution in [2.45, 2.75) is 18.7 Å². The van der Waals surface area contributed by atoms with E-state index in [4.69, 9.17) is 4.42 Å². The van der Waals surface area contributed by atoms with Gasteiger partial charge in [-0.05, 0) is 43.3 Å². The zero-order chi connectivity index (χ0) is 21.1. The molecule has 4 rings (SSSR count). The third-order valence-corrected chi connectivity index (χ3v) is 5.96. The summed E-state index contributed by atoms with van der Waals surface area (Å²) in [5.74, 6) is 0.557. The Bertz CT molecular complexity index is 1260. The van der Waals surface area contributed by atoms with E-state index >= 15 is 0 Å². The van der Waals surface area contributed by atoms with Crippen molar-refractivity contribution >= 4 is 27.1 Å². The van der Waals surface area contributed by atoms with Crippen molar-refractivity contribution in [2.75, 3.05) is 10.0 Å². The number of hydrogen-bond donors (Lipinski definition) is 2. The van der Waals surface area contributed by atoms with Crippen LogP contribution in [0, 0.1) is 13.8 Å². The maximum absolute atomic E-state index is 12.9. The molecule has 1 heterocycles. The van der Waals surface area contributed by atoms with Crippen molar-refractivity contribution in [3.8, 4) is 11.3 Å². The molecule has 1 aromatic heterocycles. The molecular formula is C23H21N3O3S. The molecule has 4 aromatic rings. The zero-order valence-corrected chi connectivity index (χ0v) is 17.4. The highest BCUT2D eigenvalue weighted by atomic mass is 32.2. The summed E-state index contributed by atoms with van der Waals surface area (Å²) in [7, 11) is -3.76. The summed E-state index contributed by atoms with van der Waals surface area (Å²) in [6.45, 7) is 3.77. The normalized spacial score (nSPS) is 11.3. The summed E-state index contributed by atoms with van der Waals surface area (Å²) in [6.07, 6.45) is 1.55. The molecule has 0 aliphatic rings. The Balaban J connectivity index is 1.57. The molecule has 0 aliphatic heterocycles. The third-order valence-electron chi connectivity index (χ3n) is 4.58. The Morgan fingerprint density at radius 2 is 1.50 bits per heavy atom. The predicted molar refractivity (Wildman–Crippen MR) is 118 cm³/mol. The Kier molecular flexibility index (Phi) is 5.29. The highest BCUT2D eigenvalue weighted by molar-refractivity contribution is 7.92. The van der Waals surface area contributed by atoms with Crippen LogP contribution in [0.4, 0.5) is 17.1 Å². The van der Waals surface area contributed by atoms with Crippen LogP contribution < -0.4 is 10.0 Å². The number of benzene rings is 3.